The van der Waals surface area contributed by atoms with Crippen molar-refractivity contribution in [1.82, 2.24) is 19.4 Å². The van der Waals surface area contributed by atoms with Gasteiger partial charge in [-0.2, -0.15) is 0 Å². The molecule has 0 aliphatic carbocycles. The molecular weight excluding hydrogens is 508 g/mol. The van der Waals surface area contributed by atoms with E-state index < -0.39 is 11.8 Å². The number of carboxylic acids is 1. The molecule has 0 saturated carbocycles. The number of aromatic carboxylic acids is 1. The number of carboxylic acid groups (broad SMARTS) is 1. The molecule has 3 saturated heterocycles. The zero-order chi connectivity index (χ0) is 27.7. The van der Waals surface area contributed by atoms with E-state index in [1.54, 1.807) is 12.1 Å². The van der Waals surface area contributed by atoms with E-state index in [0.29, 0.717) is 24.9 Å². The minimum Gasteiger partial charge on any atom is -0.478 e. The minimum absolute atomic E-state index is 0.154. The summed E-state index contributed by atoms with van der Waals surface area (Å²) in [6, 6.07) is 11.2. The van der Waals surface area contributed by atoms with Crippen LogP contribution in [0.3, 0.4) is 0 Å². The van der Waals surface area contributed by atoms with Gasteiger partial charge in [-0.25, -0.2) is 14.8 Å². The van der Waals surface area contributed by atoms with Crippen LogP contribution in [-0.4, -0.2) is 68.7 Å². The molecule has 5 heterocycles. The SMILES string of the molecule is CC/C=C\C(C)C1(Oc2cccc(C3CCN(Cc4nc5ccc(C(=O)O)cc5n4C[C@@H]4CCO4)CC3)n2)CO1. The molecule has 1 aromatic carbocycles. The second-order valence-electron chi connectivity index (χ2n) is 11.2. The number of hydrogen-bond acceptors (Lipinski definition) is 7. The van der Waals surface area contributed by atoms with E-state index in [1.807, 2.05) is 18.2 Å². The van der Waals surface area contributed by atoms with Crippen LogP contribution < -0.4 is 4.74 Å². The molecule has 2 unspecified atom stereocenters. The number of likely N-dealkylation sites (tertiary alicyclic amines) is 1. The highest BCUT2D eigenvalue weighted by Gasteiger charge is 2.52. The van der Waals surface area contributed by atoms with Crippen LogP contribution in [-0.2, 0) is 22.6 Å². The first-order chi connectivity index (χ1) is 19.4. The molecule has 0 radical (unpaired) electrons. The van der Waals surface area contributed by atoms with Gasteiger partial charge < -0.3 is 23.9 Å². The van der Waals surface area contributed by atoms with Crippen LogP contribution in [0.15, 0.2) is 48.6 Å². The Balaban J connectivity index is 1.12. The molecule has 2 aromatic heterocycles. The Morgan fingerprint density at radius 1 is 1.23 bits per heavy atom. The summed E-state index contributed by atoms with van der Waals surface area (Å²) < 4.78 is 19.9. The molecule has 212 valence electrons. The lowest BCUT2D eigenvalue weighted by Crippen LogP contribution is -2.35. The average Bonchev–Trinajstić information content (AvgIpc) is 3.64. The van der Waals surface area contributed by atoms with E-state index in [1.165, 1.54) is 0 Å². The molecule has 3 fully saturated rings. The number of pyridine rings is 1. The Kier molecular flexibility index (Phi) is 7.61. The summed E-state index contributed by atoms with van der Waals surface area (Å²) in [7, 11) is 0. The first-order valence-electron chi connectivity index (χ1n) is 14.5. The molecule has 9 nitrogen and oxygen atoms in total. The summed E-state index contributed by atoms with van der Waals surface area (Å²) in [6.07, 6.45) is 8.48. The van der Waals surface area contributed by atoms with Crippen molar-refractivity contribution in [2.24, 2.45) is 5.92 Å². The van der Waals surface area contributed by atoms with Gasteiger partial charge in [0.2, 0.25) is 11.7 Å². The molecule has 3 aromatic rings. The second-order valence-corrected chi connectivity index (χ2v) is 11.2. The Morgan fingerprint density at radius 2 is 2.02 bits per heavy atom. The quantitative estimate of drug-likeness (QED) is 0.265. The molecule has 0 spiro atoms. The molecule has 6 rings (SSSR count). The number of rotatable bonds is 11. The maximum Gasteiger partial charge on any atom is 0.335 e. The molecule has 9 heteroatoms. The molecule has 3 aliphatic rings. The Labute approximate surface area is 234 Å². The summed E-state index contributed by atoms with van der Waals surface area (Å²) in [5.74, 6) is 0.597. The van der Waals surface area contributed by atoms with Crippen molar-refractivity contribution in [3.05, 3.63) is 65.6 Å². The van der Waals surface area contributed by atoms with Gasteiger partial charge in [-0.05, 0) is 63.0 Å². The standard InChI is InChI=1S/C31H38N4O5/c1-3-4-6-21(2)31(20-39-31)40-29-8-5-7-25(33-29)22-11-14-34(15-12-22)19-28-32-26-10-9-23(30(36)37)17-27(26)35(28)18-24-13-16-38-24/h4-10,17,21-22,24H,3,11-16,18-20H2,1-2H3,(H,36,37)/b6-4-/t21?,24-,31?/m0/s1. The summed E-state index contributed by atoms with van der Waals surface area (Å²) in [4.78, 5) is 23.8. The zero-order valence-electron chi connectivity index (χ0n) is 23.3. The fraction of sp³-hybridized carbons (Fsp3) is 0.516. The van der Waals surface area contributed by atoms with Crippen molar-refractivity contribution in [1.29, 1.82) is 0 Å². The third-order valence-corrected chi connectivity index (χ3v) is 8.43. The number of imidazole rings is 1. The smallest absolute Gasteiger partial charge is 0.335 e. The van der Waals surface area contributed by atoms with Gasteiger partial charge in [0.15, 0.2) is 0 Å². The minimum atomic E-state index is -0.927. The molecule has 1 N–H and O–H groups in total. The molecule has 0 amide bonds. The van der Waals surface area contributed by atoms with Gasteiger partial charge in [-0.1, -0.05) is 32.1 Å². The third kappa shape index (κ3) is 5.64. The van der Waals surface area contributed by atoms with Crippen molar-refractivity contribution >= 4 is 17.0 Å². The fourth-order valence-corrected chi connectivity index (χ4v) is 5.71. The van der Waals surface area contributed by atoms with Crippen LogP contribution in [0, 0.1) is 5.92 Å². The number of ether oxygens (including phenoxy) is 3. The lowest BCUT2D eigenvalue weighted by atomic mass is 9.93. The van der Waals surface area contributed by atoms with Gasteiger partial charge in [-0.15, -0.1) is 0 Å². The van der Waals surface area contributed by atoms with Crippen LogP contribution in [0.5, 0.6) is 5.88 Å². The van der Waals surface area contributed by atoms with Crippen molar-refractivity contribution in [2.75, 3.05) is 26.3 Å². The van der Waals surface area contributed by atoms with Gasteiger partial charge in [0, 0.05) is 30.2 Å². The second kappa shape index (κ2) is 11.3. The highest BCUT2D eigenvalue weighted by atomic mass is 16.8. The number of fused-ring (bicyclic) bond motifs is 1. The van der Waals surface area contributed by atoms with E-state index in [0.717, 1.165) is 74.5 Å². The molecule has 0 bridgehead atoms. The van der Waals surface area contributed by atoms with Crippen LogP contribution in [0.4, 0.5) is 0 Å². The lowest BCUT2D eigenvalue weighted by molar-refractivity contribution is -0.0592. The Hall–Kier alpha value is -3.27. The van der Waals surface area contributed by atoms with Gasteiger partial charge >= 0.3 is 5.97 Å². The lowest BCUT2D eigenvalue weighted by Gasteiger charge is -2.32. The van der Waals surface area contributed by atoms with Crippen molar-refractivity contribution < 1.29 is 24.1 Å². The van der Waals surface area contributed by atoms with Crippen molar-refractivity contribution in [2.45, 2.75) is 70.4 Å². The van der Waals surface area contributed by atoms with Crippen LogP contribution in [0.1, 0.15) is 67.3 Å². The number of aromatic nitrogens is 3. The van der Waals surface area contributed by atoms with Gasteiger partial charge in [0.25, 0.3) is 0 Å². The number of nitrogens with zero attached hydrogens (tertiary/aromatic N) is 4. The van der Waals surface area contributed by atoms with E-state index >= 15 is 0 Å². The van der Waals surface area contributed by atoms with E-state index in [-0.39, 0.29) is 17.6 Å². The number of epoxide rings is 1. The molecule has 3 aliphatic heterocycles. The number of carbonyl (C=O) groups is 1. The predicted molar refractivity (Wildman–Crippen MR) is 150 cm³/mol. The van der Waals surface area contributed by atoms with E-state index in [2.05, 4.69) is 41.5 Å². The van der Waals surface area contributed by atoms with Crippen LogP contribution >= 0.6 is 0 Å². The topological polar surface area (TPSA) is 102 Å². The van der Waals surface area contributed by atoms with Crippen LogP contribution in [0.2, 0.25) is 0 Å². The first-order valence-corrected chi connectivity index (χ1v) is 14.5. The van der Waals surface area contributed by atoms with Gasteiger partial charge in [0.05, 0.1) is 35.8 Å². The van der Waals surface area contributed by atoms with E-state index in [4.69, 9.17) is 24.2 Å². The molecule has 40 heavy (non-hydrogen) atoms. The summed E-state index contributed by atoms with van der Waals surface area (Å²) in [5, 5.41) is 9.51. The maximum atomic E-state index is 11.6. The normalized spacial score (nSPS) is 24.3. The third-order valence-electron chi connectivity index (χ3n) is 8.43. The zero-order valence-corrected chi connectivity index (χ0v) is 23.3. The predicted octanol–water partition coefficient (Wildman–Crippen LogP) is 5.01. The highest BCUT2D eigenvalue weighted by Crippen LogP contribution is 2.38. The first kappa shape index (κ1) is 26.9. The van der Waals surface area contributed by atoms with Gasteiger partial charge in [0.1, 0.15) is 12.4 Å². The number of allylic oxidation sites excluding steroid dienone is 1. The highest BCUT2D eigenvalue weighted by molar-refractivity contribution is 5.92. The number of hydrogen-bond donors (Lipinski definition) is 1. The van der Waals surface area contributed by atoms with Crippen molar-refractivity contribution in [3.63, 3.8) is 0 Å². The molecular formula is C31H38N4O5. The Bertz CT molecular complexity index is 1390. The number of benzene rings is 1. The van der Waals surface area contributed by atoms with E-state index in [9.17, 15) is 9.90 Å². The maximum absolute atomic E-state index is 11.6. The number of piperidine rings is 1. The Morgan fingerprint density at radius 3 is 2.70 bits per heavy atom. The van der Waals surface area contributed by atoms with Crippen molar-refractivity contribution in [3.8, 4) is 5.88 Å². The fourth-order valence-electron chi connectivity index (χ4n) is 5.71. The summed E-state index contributed by atoms with van der Waals surface area (Å²) >= 11 is 0. The monoisotopic (exact) mass is 546 g/mol. The van der Waals surface area contributed by atoms with Crippen LogP contribution in [0.25, 0.3) is 11.0 Å². The summed E-state index contributed by atoms with van der Waals surface area (Å²) in [5.41, 5.74) is 3.03. The summed E-state index contributed by atoms with van der Waals surface area (Å²) in [6.45, 7) is 8.90. The van der Waals surface area contributed by atoms with Gasteiger partial charge in [-0.3, -0.25) is 4.90 Å². The molecule has 3 atom stereocenters. The average molecular weight is 547 g/mol. The largest absolute Gasteiger partial charge is 0.478 e.